The van der Waals surface area contributed by atoms with Crippen molar-refractivity contribution in [2.45, 2.75) is 37.5 Å². The number of anilines is 1. The van der Waals surface area contributed by atoms with Gasteiger partial charge in [-0.2, -0.15) is 22.0 Å². The fourth-order valence-electron chi connectivity index (χ4n) is 3.60. The molecule has 6 nitrogen and oxygen atoms in total. The van der Waals surface area contributed by atoms with Gasteiger partial charge in [-0.25, -0.2) is 4.68 Å². The van der Waals surface area contributed by atoms with E-state index in [1.807, 2.05) is 11.8 Å². The van der Waals surface area contributed by atoms with E-state index >= 15 is 0 Å². The summed E-state index contributed by atoms with van der Waals surface area (Å²) < 4.78 is 1.67. The van der Waals surface area contributed by atoms with E-state index in [1.54, 1.807) is 10.7 Å². The van der Waals surface area contributed by atoms with Gasteiger partial charge in [-0.15, -0.1) is 5.10 Å². The summed E-state index contributed by atoms with van der Waals surface area (Å²) in [5, 5.41) is 13.3. The average molecular weight is 355 g/mol. The van der Waals surface area contributed by atoms with Gasteiger partial charge in [-0.3, -0.25) is 4.79 Å². The van der Waals surface area contributed by atoms with Crippen molar-refractivity contribution in [3.63, 3.8) is 0 Å². The van der Waals surface area contributed by atoms with Gasteiger partial charge in [0.25, 0.3) is 5.56 Å². The topological polar surface area (TPSA) is 63.9 Å². The van der Waals surface area contributed by atoms with Crippen LogP contribution in [0.1, 0.15) is 35.7 Å². The molecule has 0 amide bonds. The van der Waals surface area contributed by atoms with E-state index in [0.717, 1.165) is 53.8 Å². The fourth-order valence-corrected chi connectivity index (χ4v) is 4.55. The normalized spacial score (nSPS) is 20.2. The first-order valence-corrected chi connectivity index (χ1v) is 10.2. The summed E-state index contributed by atoms with van der Waals surface area (Å²) in [5.41, 5.74) is 3.40. The van der Waals surface area contributed by atoms with Gasteiger partial charge >= 0.3 is 0 Å². The van der Waals surface area contributed by atoms with Crippen molar-refractivity contribution < 1.29 is 0 Å². The quantitative estimate of drug-likeness (QED) is 0.834. The van der Waals surface area contributed by atoms with E-state index in [1.165, 1.54) is 12.8 Å². The number of rotatable bonds is 4. The number of nitrogens with zero attached hydrogens (tertiary/aromatic N) is 5. The molecule has 0 bridgehead atoms. The molecule has 0 unspecified atom stereocenters. The van der Waals surface area contributed by atoms with Crippen molar-refractivity contribution in [3.05, 3.63) is 45.5 Å². The Morgan fingerprint density at radius 2 is 2.08 bits per heavy atom. The van der Waals surface area contributed by atoms with Crippen molar-refractivity contribution in [2.75, 3.05) is 23.7 Å². The Bertz CT molecular complexity index is 840. The lowest BCUT2D eigenvalue weighted by Crippen LogP contribution is -2.50. The van der Waals surface area contributed by atoms with Crippen LogP contribution in [-0.2, 0) is 18.7 Å². The summed E-state index contributed by atoms with van der Waals surface area (Å²) in [6.45, 7) is 2.53. The van der Waals surface area contributed by atoms with Crippen LogP contribution in [-0.4, -0.2) is 38.8 Å². The molecule has 2 aromatic heterocycles. The van der Waals surface area contributed by atoms with E-state index in [2.05, 4.69) is 32.3 Å². The molecule has 0 atom stereocenters. The number of hydrogen-bond acceptors (Lipinski definition) is 6. The van der Waals surface area contributed by atoms with Crippen molar-refractivity contribution in [1.82, 2.24) is 20.0 Å². The lowest BCUT2D eigenvalue weighted by Gasteiger charge is -2.39. The predicted molar refractivity (Wildman–Crippen MR) is 98.1 cm³/mol. The van der Waals surface area contributed by atoms with Crippen LogP contribution < -0.4 is 10.5 Å². The Morgan fingerprint density at radius 3 is 2.84 bits per heavy atom. The molecule has 0 spiro atoms. The standard InChI is InChI=1S/C18H21N5OS/c24-18-7-14-11-25-6-5-16(14)21-23(18)10-12-8-22(9-12)17-4-3-15(19-20-17)13-1-2-13/h3-4,7,12-13H,1-2,5-6,8-11H2. The highest BCUT2D eigenvalue weighted by Gasteiger charge is 2.30. The summed E-state index contributed by atoms with van der Waals surface area (Å²) >= 11 is 1.88. The molecule has 7 heteroatoms. The molecule has 2 aliphatic heterocycles. The number of aryl methyl sites for hydroxylation is 1. The van der Waals surface area contributed by atoms with Crippen LogP contribution in [0.25, 0.3) is 0 Å². The molecule has 2 fully saturated rings. The molecule has 1 saturated carbocycles. The number of hydrogen-bond donors (Lipinski definition) is 0. The molecule has 2 aromatic rings. The third-order valence-corrected chi connectivity index (χ3v) is 6.29. The highest BCUT2D eigenvalue weighted by atomic mass is 32.2. The van der Waals surface area contributed by atoms with Gasteiger partial charge in [-0.05, 0) is 36.3 Å². The predicted octanol–water partition coefficient (Wildman–Crippen LogP) is 1.84. The molecule has 0 N–H and O–H groups in total. The molecule has 25 heavy (non-hydrogen) atoms. The molecule has 0 aromatic carbocycles. The summed E-state index contributed by atoms with van der Waals surface area (Å²) in [6.07, 6.45) is 3.47. The van der Waals surface area contributed by atoms with Crippen molar-refractivity contribution in [3.8, 4) is 0 Å². The van der Waals surface area contributed by atoms with E-state index in [9.17, 15) is 4.79 Å². The molecule has 130 valence electrons. The third kappa shape index (κ3) is 3.05. The first-order valence-electron chi connectivity index (χ1n) is 9.02. The zero-order valence-corrected chi connectivity index (χ0v) is 14.9. The van der Waals surface area contributed by atoms with Crippen LogP contribution in [0.2, 0.25) is 0 Å². The Hall–Kier alpha value is -1.89. The highest BCUT2D eigenvalue weighted by Crippen LogP contribution is 2.39. The van der Waals surface area contributed by atoms with Gasteiger partial charge in [0.1, 0.15) is 0 Å². The lowest BCUT2D eigenvalue weighted by molar-refractivity contribution is 0.330. The molecule has 0 radical (unpaired) electrons. The lowest BCUT2D eigenvalue weighted by atomic mass is 10.0. The maximum atomic E-state index is 12.3. The molecular weight excluding hydrogens is 334 g/mol. The third-order valence-electron chi connectivity index (χ3n) is 5.28. The average Bonchev–Trinajstić information content (AvgIpc) is 3.43. The minimum Gasteiger partial charge on any atom is -0.354 e. The Balaban J connectivity index is 1.23. The van der Waals surface area contributed by atoms with Crippen molar-refractivity contribution in [2.24, 2.45) is 5.92 Å². The number of fused-ring (bicyclic) bond motifs is 1. The maximum Gasteiger partial charge on any atom is 0.267 e. The minimum atomic E-state index is 0.0354. The van der Waals surface area contributed by atoms with Crippen molar-refractivity contribution >= 4 is 17.6 Å². The highest BCUT2D eigenvalue weighted by molar-refractivity contribution is 7.98. The van der Waals surface area contributed by atoms with Crippen LogP contribution in [0.3, 0.4) is 0 Å². The number of thioether (sulfide) groups is 1. The second-order valence-electron chi connectivity index (χ2n) is 7.30. The minimum absolute atomic E-state index is 0.0354. The van der Waals surface area contributed by atoms with E-state index in [0.29, 0.717) is 18.4 Å². The second-order valence-corrected chi connectivity index (χ2v) is 8.41. The molecule has 5 rings (SSSR count). The first-order chi connectivity index (χ1) is 12.3. The smallest absolute Gasteiger partial charge is 0.267 e. The van der Waals surface area contributed by atoms with Crippen LogP contribution in [0, 0.1) is 5.92 Å². The summed E-state index contributed by atoms with van der Waals surface area (Å²) in [7, 11) is 0. The fraction of sp³-hybridized carbons (Fsp3) is 0.556. The molecule has 1 saturated heterocycles. The van der Waals surface area contributed by atoms with Gasteiger partial charge in [0.05, 0.1) is 17.9 Å². The second kappa shape index (κ2) is 6.12. The van der Waals surface area contributed by atoms with Gasteiger partial charge < -0.3 is 4.90 Å². The van der Waals surface area contributed by atoms with E-state index < -0.39 is 0 Å². The molecule has 1 aliphatic carbocycles. The van der Waals surface area contributed by atoms with E-state index in [4.69, 9.17) is 0 Å². The molecular formula is C18H21N5OS. The van der Waals surface area contributed by atoms with Crippen LogP contribution in [0.5, 0.6) is 0 Å². The van der Waals surface area contributed by atoms with E-state index in [-0.39, 0.29) is 5.56 Å². The monoisotopic (exact) mass is 355 g/mol. The zero-order valence-electron chi connectivity index (χ0n) is 14.1. The molecule has 3 aliphatic rings. The van der Waals surface area contributed by atoms with Gasteiger partial charge in [-0.1, -0.05) is 0 Å². The van der Waals surface area contributed by atoms with Gasteiger partial charge in [0.2, 0.25) is 0 Å². The maximum absolute atomic E-state index is 12.3. The van der Waals surface area contributed by atoms with Crippen LogP contribution >= 0.6 is 11.8 Å². The largest absolute Gasteiger partial charge is 0.354 e. The first kappa shape index (κ1) is 15.4. The zero-order chi connectivity index (χ0) is 16.8. The summed E-state index contributed by atoms with van der Waals surface area (Å²) in [4.78, 5) is 14.5. The molecule has 4 heterocycles. The van der Waals surface area contributed by atoms with Crippen LogP contribution in [0.4, 0.5) is 5.82 Å². The Morgan fingerprint density at radius 1 is 1.20 bits per heavy atom. The van der Waals surface area contributed by atoms with Gasteiger partial charge in [0, 0.05) is 43.2 Å². The van der Waals surface area contributed by atoms with Crippen molar-refractivity contribution in [1.29, 1.82) is 0 Å². The Kier molecular flexibility index (Phi) is 3.77. The van der Waals surface area contributed by atoms with Gasteiger partial charge in [0.15, 0.2) is 5.82 Å². The number of aromatic nitrogens is 4. The summed E-state index contributed by atoms with van der Waals surface area (Å²) in [5.74, 6) is 4.07. The van der Waals surface area contributed by atoms with Crippen LogP contribution in [0.15, 0.2) is 23.0 Å². The Labute approximate surface area is 150 Å². The SMILES string of the molecule is O=c1cc2c(nn1CC1CN(c3ccc(C4CC4)nn3)C1)CCSC2. The summed E-state index contributed by atoms with van der Waals surface area (Å²) in [6, 6.07) is 5.98.